The third-order valence-electron chi connectivity index (χ3n) is 3.46. The fraction of sp³-hybridized carbons (Fsp3) is 0.600. The summed E-state index contributed by atoms with van der Waals surface area (Å²) in [4.78, 5) is 2.39. The average molecular weight is 248 g/mol. The van der Waals surface area contributed by atoms with Crippen LogP contribution in [0.1, 0.15) is 27.2 Å². The van der Waals surface area contributed by atoms with Crippen LogP contribution in [0.5, 0.6) is 0 Å². The molecule has 100 valence electrons. The van der Waals surface area contributed by atoms with Crippen LogP contribution in [0.25, 0.3) is 0 Å². The molecule has 18 heavy (non-hydrogen) atoms. The van der Waals surface area contributed by atoms with Crippen LogP contribution in [0.15, 0.2) is 30.3 Å². The quantitative estimate of drug-likeness (QED) is 0.889. The van der Waals surface area contributed by atoms with Gasteiger partial charge in [-0.1, -0.05) is 18.2 Å². The predicted molar refractivity (Wildman–Crippen MR) is 75.9 cm³/mol. The van der Waals surface area contributed by atoms with Crippen LogP contribution in [0.2, 0.25) is 0 Å². The summed E-state index contributed by atoms with van der Waals surface area (Å²) in [5.41, 5.74) is 7.37. The lowest BCUT2D eigenvalue weighted by Crippen LogP contribution is -2.42. The Hall–Kier alpha value is -1.06. The first kappa shape index (κ1) is 13.4. The SMILES string of the molecule is CC(C)OC1CC(C(C)N)N(c2ccccc2)C1. The van der Waals surface area contributed by atoms with E-state index in [1.54, 1.807) is 0 Å². The third-order valence-corrected chi connectivity index (χ3v) is 3.46. The van der Waals surface area contributed by atoms with Crippen molar-refractivity contribution in [2.24, 2.45) is 5.73 Å². The summed E-state index contributed by atoms with van der Waals surface area (Å²) in [6.45, 7) is 7.20. The van der Waals surface area contributed by atoms with E-state index in [1.807, 2.05) is 6.07 Å². The van der Waals surface area contributed by atoms with Gasteiger partial charge in [0.2, 0.25) is 0 Å². The van der Waals surface area contributed by atoms with Gasteiger partial charge < -0.3 is 15.4 Å². The van der Waals surface area contributed by atoms with Gasteiger partial charge in [-0.2, -0.15) is 0 Å². The topological polar surface area (TPSA) is 38.5 Å². The number of hydrogen-bond donors (Lipinski definition) is 1. The third kappa shape index (κ3) is 3.03. The van der Waals surface area contributed by atoms with E-state index < -0.39 is 0 Å². The number of hydrogen-bond acceptors (Lipinski definition) is 3. The Labute approximate surface area is 110 Å². The van der Waals surface area contributed by atoms with Crippen LogP contribution in [-0.4, -0.2) is 30.8 Å². The molecule has 3 heteroatoms. The molecular formula is C15H24N2O. The number of benzene rings is 1. The van der Waals surface area contributed by atoms with Crippen LogP contribution in [0.4, 0.5) is 5.69 Å². The molecule has 1 aromatic rings. The van der Waals surface area contributed by atoms with Gasteiger partial charge in [0.1, 0.15) is 0 Å². The minimum atomic E-state index is 0.158. The number of nitrogens with zero attached hydrogens (tertiary/aromatic N) is 1. The highest BCUT2D eigenvalue weighted by atomic mass is 16.5. The zero-order valence-corrected chi connectivity index (χ0v) is 11.5. The number of anilines is 1. The smallest absolute Gasteiger partial charge is 0.0773 e. The minimum Gasteiger partial charge on any atom is -0.374 e. The van der Waals surface area contributed by atoms with Gasteiger partial charge >= 0.3 is 0 Å². The molecule has 0 saturated carbocycles. The molecular weight excluding hydrogens is 224 g/mol. The molecule has 1 heterocycles. The van der Waals surface area contributed by atoms with Crippen LogP contribution in [-0.2, 0) is 4.74 Å². The Kier molecular flexibility index (Phi) is 4.25. The summed E-state index contributed by atoms with van der Waals surface area (Å²) in [6.07, 6.45) is 1.59. The highest BCUT2D eigenvalue weighted by molar-refractivity contribution is 5.49. The fourth-order valence-corrected chi connectivity index (χ4v) is 2.72. The summed E-state index contributed by atoms with van der Waals surface area (Å²) in [7, 11) is 0. The van der Waals surface area contributed by atoms with E-state index in [-0.39, 0.29) is 12.1 Å². The number of rotatable bonds is 4. The maximum atomic E-state index is 6.12. The molecule has 2 rings (SSSR count). The molecule has 0 radical (unpaired) electrons. The highest BCUT2D eigenvalue weighted by Gasteiger charge is 2.35. The first-order valence-electron chi connectivity index (χ1n) is 6.80. The van der Waals surface area contributed by atoms with Gasteiger partial charge in [0.05, 0.1) is 12.2 Å². The Balaban J connectivity index is 2.12. The Morgan fingerprint density at radius 3 is 2.44 bits per heavy atom. The molecule has 3 atom stereocenters. The van der Waals surface area contributed by atoms with E-state index in [0.29, 0.717) is 12.1 Å². The van der Waals surface area contributed by atoms with Gasteiger partial charge in [0, 0.05) is 24.3 Å². The first-order chi connectivity index (χ1) is 8.58. The predicted octanol–water partition coefficient (Wildman–Crippen LogP) is 2.41. The van der Waals surface area contributed by atoms with Gasteiger partial charge in [0.25, 0.3) is 0 Å². The lowest BCUT2D eigenvalue weighted by Gasteiger charge is -2.29. The number of ether oxygens (including phenoxy) is 1. The van der Waals surface area contributed by atoms with Crippen molar-refractivity contribution >= 4 is 5.69 Å². The standard InChI is InChI=1S/C15H24N2O/c1-11(2)18-14-9-15(12(3)16)17(10-14)13-7-5-4-6-8-13/h4-8,11-12,14-15H,9-10,16H2,1-3H3. The molecule has 2 N–H and O–H groups in total. The molecule has 0 amide bonds. The Bertz CT molecular complexity index is 364. The maximum Gasteiger partial charge on any atom is 0.0773 e. The zero-order chi connectivity index (χ0) is 13.1. The largest absolute Gasteiger partial charge is 0.374 e. The van der Waals surface area contributed by atoms with Crippen molar-refractivity contribution in [2.75, 3.05) is 11.4 Å². The lowest BCUT2D eigenvalue weighted by atomic mass is 10.1. The second-order valence-electron chi connectivity index (χ2n) is 5.46. The number of nitrogens with two attached hydrogens (primary N) is 1. The van der Waals surface area contributed by atoms with Gasteiger partial charge in [0.15, 0.2) is 0 Å². The average Bonchev–Trinajstić information content (AvgIpc) is 2.73. The molecule has 0 aliphatic carbocycles. The van der Waals surface area contributed by atoms with Gasteiger partial charge in [-0.05, 0) is 39.3 Å². The molecule has 1 fully saturated rings. The molecule has 1 aromatic carbocycles. The van der Waals surface area contributed by atoms with Crippen LogP contribution >= 0.6 is 0 Å². The molecule has 0 spiro atoms. The number of para-hydroxylation sites is 1. The second kappa shape index (κ2) is 5.72. The van der Waals surface area contributed by atoms with Crippen molar-refractivity contribution in [3.63, 3.8) is 0 Å². The van der Waals surface area contributed by atoms with Gasteiger partial charge in [-0.25, -0.2) is 0 Å². The van der Waals surface area contributed by atoms with Crippen molar-refractivity contribution in [3.8, 4) is 0 Å². The van der Waals surface area contributed by atoms with Crippen molar-refractivity contribution in [1.29, 1.82) is 0 Å². The van der Waals surface area contributed by atoms with Crippen LogP contribution in [0, 0.1) is 0 Å². The maximum absolute atomic E-state index is 6.12. The molecule has 3 unspecified atom stereocenters. The molecule has 1 aliphatic heterocycles. The van der Waals surface area contributed by atoms with Crippen molar-refractivity contribution < 1.29 is 4.74 Å². The zero-order valence-electron chi connectivity index (χ0n) is 11.5. The lowest BCUT2D eigenvalue weighted by molar-refractivity contribution is 0.0190. The first-order valence-corrected chi connectivity index (χ1v) is 6.80. The Morgan fingerprint density at radius 1 is 1.22 bits per heavy atom. The van der Waals surface area contributed by atoms with E-state index in [0.717, 1.165) is 13.0 Å². The normalized spacial score (nSPS) is 25.7. The Morgan fingerprint density at radius 2 is 1.89 bits per heavy atom. The molecule has 0 bridgehead atoms. The van der Waals surface area contributed by atoms with Crippen LogP contribution in [0.3, 0.4) is 0 Å². The molecule has 1 saturated heterocycles. The molecule has 0 aromatic heterocycles. The van der Waals surface area contributed by atoms with E-state index in [4.69, 9.17) is 10.5 Å². The van der Waals surface area contributed by atoms with Crippen molar-refractivity contribution in [2.45, 2.75) is 51.5 Å². The summed E-state index contributed by atoms with van der Waals surface area (Å²) in [5.74, 6) is 0. The fourth-order valence-electron chi connectivity index (χ4n) is 2.72. The highest BCUT2D eigenvalue weighted by Crippen LogP contribution is 2.28. The van der Waals surface area contributed by atoms with Gasteiger partial charge in [-0.15, -0.1) is 0 Å². The summed E-state index contributed by atoms with van der Waals surface area (Å²) >= 11 is 0. The minimum absolute atomic E-state index is 0.158. The van der Waals surface area contributed by atoms with Crippen molar-refractivity contribution in [3.05, 3.63) is 30.3 Å². The van der Waals surface area contributed by atoms with Crippen LogP contribution < -0.4 is 10.6 Å². The van der Waals surface area contributed by atoms with Crippen molar-refractivity contribution in [1.82, 2.24) is 0 Å². The van der Waals surface area contributed by atoms with E-state index >= 15 is 0 Å². The van der Waals surface area contributed by atoms with E-state index in [9.17, 15) is 0 Å². The molecule has 3 nitrogen and oxygen atoms in total. The monoisotopic (exact) mass is 248 g/mol. The van der Waals surface area contributed by atoms with E-state index in [2.05, 4.69) is 49.9 Å². The van der Waals surface area contributed by atoms with Gasteiger partial charge in [-0.3, -0.25) is 0 Å². The van der Waals surface area contributed by atoms with E-state index in [1.165, 1.54) is 5.69 Å². The molecule has 1 aliphatic rings. The summed E-state index contributed by atoms with van der Waals surface area (Å²) in [6, 6.07) is 11.0. The summed E-state index contributed by atoms with van der Waals surface area (Å²) < 4.78 is 5.95. The second-order valence-corrected chi connectivity index (χ2v) is 5.46. The summed E-state index contributed by atoms with van der Waals surface area (Å²) in [5, 5.41) is 0.